The molecule has 26 heavy (non-hydrogen) atoms. The van der Waals surface area contributed by atoms with E-state index in [0.717, 1.165) is 50.4 Å². The molecule has 0 bridgehead atoms. The van der Waals surface area contributed by atoms with E-state index in [1.807, 2.05) is 41.3 Å². The van der Waals surface area contributed by atoms with Gasteiger partial charge in [-0.2, -0.15) is 0 Å². The molecule has 0 spiro atoms. The molecular formula is C21H26N4O. The lowest BCUT2D eigenvalue weighted by atomic mass is 10.2. The minimum Gasteiger partial charge on any atom is -0.356 e. The van der Waals surface area contributed by atoms with Gasteiger partial charge in [-0.05, 0) is 25.7 Å². The predicted molar refractivity (Wildman–Crippen MR) is 103 cm³/mol. The van der Waals surface area contributed by atoms with Gasteiger partial charge in [0, 0.05) is 37.8 Å². The zero-order valence-electron chi connectivity index (χ0n) is 15.2. The van der Waals surface area contributed by atoms with Crippen molar-refractivity contribution in [3.8, 4) is 11.4 Å². The number of hydrogen-bond acceptors (Lipinski definition) is 4. The summed E-state index contributed by atoms with van der Waals surface area (Å²) in [6.45, 7) is 3.68. The van der Waals surface area contributed by atoms with E-state index >= 15 is 0 Å². The molecule has 1 amide bonds. The van der Waals surface area contributed by atoms with Crippen LogP contribution in [0.2, 0.25) is 0 Å². The molecule has 0 unspecified atom stereocenters. The van der Waals surface area contributed by atoms with Crippen LogP contribution in [-0.2, 0) is 0 Å². The fourth-order valence-electron chi connectivity index (χ4n) is 3.80. The molecule has 0 atom stereocenters. The largest absolute Gasteiger partial charge is 0.356 e. The van der Waals surface area contributed by atoms with E-state index in [0.29, 0.717) is 11.5 Å². The molecule has 5 nitrogen and oxygen atoms in total. The molecule has 2 fully saturated rings. The maximum atomic E-state index is 13.1. The van der Waals surface area contributed by atoms with Crippen molar-refractivity contribution >= 4 is 11.7 Å². The summed E-state index contributed by atoms with van der Waals surface area (Å²) in [5, 5.41) is 0. The smallest absolute Gasteiger partial charge is 0.272 e. The average Bonchev–Trinajstić information content (AvgIpc) is 3.10. The maximum Gasteiger partial charge on any atom is 0.272 e. The molecule has 5 heteroatoms. The Morgan fingerprint density at radius 2 is 1.46 bits per heavy atom. The zero-order valence-corrected chi connectivity index (χ0v) is 15.2. The van der Waals surface area contributed by atoms with Gasteiger partial charge in [0.1, 0.15) is 11.5 Å². The quantitative estimate of drug-likeness (QED) is 0.846. The number of hydrogen-bond donors (Lipinski definition) is 0. The molecule has 0 radical (unpaired) electrons. The molecule has 136 valence electrons. The Bertz CT molecular complexity index is 748. The van der Waals surface area contributed by atoms with Gasteiger partial charge in [0.15, 0.2) is 5.82 Å². The first kappa shape index (κ1) is 17.0. The number of anilines is 1. The number of aromatic nitrogens is 2. The lowest BCUT2D eigenvalue weighted by Crippen LogP contribution is -2.33. The van der Waals surface area contributed by atoms with Gasteiger partial charge in [-0.1, -0.05) is 43.2 Å². The SMILES string of the molecule is O=C(c1cc(N2CCCC2)nc(-c2ccccc2)n1)N1CCCCCC1. The van der Waals surface area contributed by atoms with Gasteiger partial charge in [-0.15, -0.1) is 0 Å². The summed E-state index contributed by atoms with van der Waals surface area (Å²) in [6.07, 6.45) is 6.95. The maximum absolute atomic E-state index is 13.1. The lowest BCUT2D eigenvalue weighted by molar-refractivity contribution is 0.0755. The third kappa shape index (κ3) is 3.71. The van der Waals surface area contributed by atoms with E-state index in [-0.39, 0.29) is 5.91 Å². The van der Waals surface area contributed by atoms with Crippen LogP contribution in [0.3, 0.4) is 0 Å². The molecule has 2 aliphatic rings. The molecule has 0 saturated carbocycles. The number of carbonyl (C=O) groups is 1. The van der Waals surface area contributed by atoms with Gasteiger partial charge in [0.25, 0.3) is 5.91 Å². The van der Waals surface area contributed by atoms with Crippen molar-refractivity contribution in [3.05, 3.63) is 42.1 Å². The van der Waals surface area contributed by atoms with Gasteiger partial charge in [-0.3, -0.25) is 4.79 Å². The van der Waals surface area contributed by atoms with Crippen molar-refractivity contribution in [3.63, 3.8) is 0 Å². The van der Waals surface area contributed by atoms with E-state index in [9.17, 15) is 4.79 Å². The second-order valence-electron chi connectivity index (χ2n) is 7.20. The van der Waals surface area contributed by atoms with Crippen LogP contribution in [0, 0.1) is 0 Å². The van der Waals surface area contributed by atoms with Gasteiger partial charge < -0.3 is 9.80 Å². The van der Waals surface area contributed by atoms with Crippen molar-refractivity contribution in [2.75, 3.05) is 31.1 Å². The van der Waals surface area contributed by atoms with Crippen molar-refractivity contribution in [2.45, 2.75) is 38.5 Å². The fraction of sp³-hybridized carbons (Fsp3) is 0.476. The van der Waals surface area contributed by atoms with E-state index in [2.05, 4.69) is 9.88 Å². The first-order chi connectivity index (χ1) is 12.8. The Balaban J connectivity index is 1.70. The molecule has 0 N–H and O–H groups in total. The van der Waals surface area contributed by atoms with Crippen LogP contribution < -0.4 is 4.90 Å². The average molecular weight is 350 g/mol. The van der Waals surface area contributed by atoms with Crippen molar-refractivity contribution in [1.29, 1.82) is 0 Å². The Morgan fingerprint density at radius 1 is 0.808 bits per heavy atom. The van der Waals surface area contributed by atoms with Crippen molar-refractivity contribution in [2.24, 2.45) is 0 Å². The molecule has 2 aliphatic heterocycles. The van der Waals surface area contributed by atoms with Crippen LogP contribution in [0.5, 0.6) is 0 Å². The number of rotatable bonds is 3. The number of carbonyl (C=O) groups excluding carboxylic acids is 1. The lowest BCUT2D eigenvalue weighted by Gasteiger charge is -2.22. The summed E-state index contributed by atoms with van der Waals surface area (Å²) in [6, 6.07) is 11.9. The Labute approximate surface area is 155 Å². The Hall–Kier alpha value is -2.43. The highest BCUT2D eigenvalue weighted by molar-refractivity contribution is 5.93. The van der Waals surface area contributed by atoms with E-state index < -0.39 is 0 Å². The molecule has 2 saturated heterocycles. The number of nitrogens with zero attached hydrogens (tertiary/aromatic N) is 4. The number of amides is 1. The second kappa shape index (κ2) is 7.85. The van der Waals surface area contributed by atoms with Crippen molar-refractivity contribution < 1.29 is 4.79 Å². The van der Waals surface area contributed by atoms with Gasteiger partial charge in [-0.25, -0.2) is 9.97 Å². The van der Waals surface area contributed by atoms with Crippen molar-refractivity contribution in [1.82, 2.24) is 14.9 Å². The standard InChI is InChI=1S/C21H26N4O/c26-21(25-14-6-1-2-7-15-25)18-16-19(24-12-8-9-13-24)23-20(22-18)17-10-4-3-5-11-17/h3-5,10-11,16H,1-2,6-9,12-15H2. The molecule has 1 aromatic heterocycles. The van der Waals surface area contributed by atoms with Crippen LogP contribution in [-0.4, -0.2) is 47.0 Å². The normalized spacial score (nSPS) is 18.0. The summed E-state index contributed by atoms with van der Waals surface area (Å²) in [4.78, 5) is 26.8. The summed E-state index contributed by atoms with van der Waals surface area (Å²) >= 11 is 0. The Kier molecular flexibility index (Phi) is 5.14. The van der Waals surface area contributed by atoms with E-state index in [4.69, 9.17) is 4.98 Å². The summed E-state index contributed by atoms with van der Waals surface area (Å²) in [5.41, 5.74) is 1.49. The summed E-state index contributed by atoms with van der Waals surface area (Å²) in [7, 11) is 0. The van der Waals surface area contributed by atoms with Crippen LogP contribution in [0.1, 0.15) is 49.0 Å². The Morgan fingerprint density at radius 3 is 2.15 bits per heavy atom. The van der Waals surface area contributed by atoms with Gasteiger partial charge in [0.05, 0.1) is 0 Å². The highest BCUT2D eigenvalue weighted by atomic mass is 16.2. The molecule has 3 heterocycles. The predicted octanol–water partition coefficient (Wildman–Crippen LogP) is 3.76. The van der Waals surface area contributed by atoms with Crippen LogP contribution in [0.4, 0.5) is 5.82 Å². The van der Waals surface area contributed by atoms with E-state index in [1.165, 1.54) is 25.7 Å². The first-order valence-corrected chi connectivity index (χ1v) is 9.80. The number of likely N-dealkylation sites (tertiary alicyclic amines) is 1. The highest BCUT2D eigenvalue weighted by Gasteiger charge is 2.23. The van der Waals surface area contributed by atoms with Crippen LogP contribution >= 0.6 is 0 Å². The molecular weight excluding hydrogens is 324 g/mol. The van der Waals surface area contributed by atoms with Crippen LogP contribution in [0.15, 0.2) is 36.4 Å². The zero-order chi connectivity index (χ0) is 17.8. The summed E-state index contributed by atoms with van der Waals surface area (Å²) in [5.74, 6) is 1.58. The third-order valence-corrected chi connectivity index (χ3v) is 5.29. The molecule has 2 aromatic rings. The van der Waals surface area contributed by atoms with Gasteiger partial charge >= 0.3 is 0 Å². The first-order valence-electron chi connectivity index (χ1n) is 9.80. The number of benzene rings is 1. The van der Waals surface area contributed by atoms with Gasteiger partial charge in [0.2, 0.25) is 0 Å². The minimum atomic E-state index is 0.0481. The molecule has 4 rings (SSSR count). The minimum absolute atomic E-state index is 0.0481. The van der Waals surface area contributed by atoms with E-state index in [1.54, 1.807) is 0 Å². The van der Waals surface area contributed by atoms with Crippen LogP contribution in [0.25, 0.3) is 11.4 Å². The fourth-order valence-corrected chi connectivity index (χ4v) is 3.80. The topological polar surface area (TPSA) is 49.3 Å². The third-order valence-electron chi connectivity index (χ3n) is 5.29. The second-order valence-corrected chi connectivity index (χ2v) is 7.20. The monoisotopic (exact) mass is 350 g/mol. The molecule has 0 aliphatic carbocycles. The molecule has 1 aromatic carbocycles. The highest BCUT2D eigenvalue weighted by Crippen LogP contribution is 2.24. The summed E-state index contributed by atoms with van der Waals surface area (Å²) < 4.78 is 0.